The van der Waals surface area contributed by atoms with Crippen LogP contribution in [0.2, 0.25) is 18.1 Å². The Balaban J connectivity index is 3.38. The summed E-state index contributed by atoms with van der Waals surface area (Å²) in [6.45, 7) is 9.97. The summed E-state index contributed by atoms with van der Waals surface area (Å²) in [5, 5.41) is 8.90. The molecule has 1 N–H and O–H groups in total. The molecule has 0 amide bonds. The summed E-state index contributed by atoms with van der Waals surface area (Å²) < 4.78 is 19.5. The first-order valence-corrected chi connectivity index (χ1v) is 9.12. The van der Waals surface area contributed by atoms with Crippen molar-refractivity contribution in [3.8, 4) is 5.75 Å². The first kappa shape index (κ1) is 16.4. The SMILES string of the molecule is CC(C)(C)[Si](C)(C)Oc1ccc(F)c(C(=O)O)c1C=O. The number of carbonyl (C=O) groups is 2. The van der Waals surface area contributed by atoms with Crippen molar-refractivity contribution in [1.82, 2.24) is 0 Å². The number of carbonyl (C=O) groups excluding carboxylic acids is 1. The van der Waals surface area contributed by atoms with E-state index in [1.54, 1.807) is 0 Å². The molecule has 0 spiro atoms. The maximum atomic E-state index is 13.6. The summed E-state index contributed by atoms with van der Waals surface area (Å²) in [6, 6.07) is 2.32. The Kier molecular flexibility index (Phi) is 4.38. The van der Waals surface area contributed by atoms with Crippen LogP contribution in [0.25, 0.3) is 0 Å². The number of aldehydes is 1. The largest absolute Gasteiger partial charge is 0.543 e. The van der Waals surface area contributed by atoms with Crippen LogP contribution in [-0.2, 0) is 0 Å². The molecule has 1 aromatic rings. The molecule has 0 fully saturated rings. The molecular weight excluding hydrogens is 279 g/mol. The zero-order chi connectivity index (χ0) is 15.7. The van der Waals surface area contributed by atoms with Gasteiger partial charge in [-0.05, 0) is 30.3 Å². The van der Waals surface area contributed by atoms with Gasteiger partial charge >= 0.3 is 5.97 Å². The van der Waals surface area contributed by atoms with Gasteiger partial charge in [0.05, 0.1) is 5.56 Å². The molecule has 110 valence electrons. The Hall–Kier alpha value is -1.69. The predicted octanol–water partition coefficient (Wildman–Crippen LogP) is 3.72. The summed E-state index contributed by atoms with van der Waals surface area (Å²) in [6.07, 6.45) is 0.328. The van der Waals surface area contributed by atoms with E-state index in [1.807, 2.05) is 33.9 Å². The molecule has 0 bridgehead atoms. The monoisotopic (exact) mass is 298 g/mol. The minimum Gasteiger partial charge on any atom is -0.543 e. The van der Waals surface area contributed by atoms with Crippen molar-refractivity contribution < 1.29 is 23.5 Å². The molecule has 0 unspecified atom stereocenters. The van der Waals surface area contributed by atoms with Gasteiger partial charge < -0.3 is 9.53 Å². The zero-order valence-corrected chi connectivity index (χ0v) is 13.3. The van der Waals surface area contributed by atoms with E-state index in [0.717, 1.165) is 6.07 Å². The van der Waals surface area contributed by atoms with Crippen LogP contribution in [0.1, 0.15) is 41.5 Å². The Morgan fingerprint density at radius 3 is 2.30 bits per heavy atom. The summed E-state index contributed by atoms with van der Waals surface area (Å²) in [7, 11) is -2.24. The molecule has 1 aromatic carbocycles. The highest BCUT2D eigenvalue weighted by molar-refractivity contribution is 6.74. The smallest absolute Gasteiger partial charge is 0.339 e. The van der Waals surface area contributed by atoms with E-state index in [-0.39, 0.29) is 16.4 Å². The maximum Gasteiger partial charge on any atom is 0.339 e. The van der Waals surface area contributed by atoms with E-state index in [1.165, 1.54) is 6.07 Å². The summed E-state index contributed by atoms with van der Waals surface area (Å²) in [5.41, 5.74) is -0.890. The lowest BCUT2D eigenvalue weighted by atomic mass is 10.1. The lowest BCUT2D eigenvalue weighted by Gasteiger charge is -2.36. The van der Waals surface area contributed by atoms with Crippen molar-refractivity contribution in [2.24, 2.45) is 0 Å². The van der Waals surface area contributed by atoms with Crippen molar-refractivity contribution in [2.45, 2.75) is 38.9 Å². The molecule has 1 rings (SSSR count). The van der Waals surface area contributed by atoms with Crippen LogP contribution in [-0.4, -0.2) is 25.7 Å². The molecule has 6 heteroatoms. The van der Waals surface area contributed by atoms with Crippen LogP contribution in [0, 0.1) is 5.82 Å². The lowest BCUT2D eigenvalue weighted by molar-refractivity contribution is 0.0688. The quantitative estimate of drug-likeness (QED) is 0.679. The average molecular weight is 298 g/mol. The van der Waals surface area contributed by atoms with Crippen LogP contribution >= 0.6 is 0 Å². The number of carboxylic acids is 1. The number of carboxylic acid groups (broad SMARTS) is 1. The van der Waals surface area contributed by atoms with E-state index in [2.05, 4.69) is 0 Å². The average Bonchev–Trinajstić information content (AvgIpc) is 2.28. The molecule has 0 aliphatic heterocycles. The fourth-order valence-corrected chi connectivity index (χ4v) is 2.46. The van der Waals surface area contributed by atoms with Crippen molar-refractivity contribution in [3.05, 3.63) is 29.1 Å². The van der Waals surface area contributed by atoms with Crippen molar-refractivity contribution >= 4 is 20.6 Å². The first-order valence-electron chi connectivity index (χ1n) is 6.21. The van der Waals surface area contributed by atoms with Gasteiger partial charge in [0.15, 0.2) is 6.29 Å². The highest BCUT2D eigenvalue weighted by Gasteiger charge is 2.39. The zero-order valence-electron chi connectivity index (χ0n) is 12.3. The van der Waals surface area contributed by atoms with Crippen molar-refractivity contribution in [1.29, 1.82) is 0 Å². The van der Waals surface area contributed by atoms with Gasteiger partial charge in [-0.15, -0.1) is 0 Å². The van der Waals surface area contributed by atoms with Crippen LogP contribution in [0.3, 0.4) is 0 Å². The van der Waals surface area contributed by atoms with Gasteiger partial charge in [0.25, 0.3) is 8.32 Å². The van der Waals surface area contributed by atoms with Crippen LogP contribution in [0.4, 0.5) is 4.39 Å². The Morgan fingerprint density at radius 1 is 1.35 bits per heavy atom. The third-order valence-electron chi connectivity index (χ3n) is 3.66. The molecule has 0 aliphatic rings. The number of rotatable bonds is 4. The van der Waals surface area contributed by atoms with E-state index in [9.17, 15) is 14.0 Å². The molecule has 0 radical (unpaired) electrons. The van der Waals surface area contributed by atoms with Gasteiger partial charge in [-0.25, -0.2) is 9.18 Å². The highest BCUT2D eigenvalue weighted by atomic mass is 28.4. The number of benzene rings is 1. The molecule has 0 aromatic heterocycles. The minimum atomic E-state index is -2.24. The number of hydrogen-bond acceptors (Lipinski definition) is 3. The standard InChI is InChI=1S/C14H19FO4Si/c1-14(2,3)20(4,5)19-11-7-6-10(15)12(13(17)18)9(11)8-16/h6-8H,1-5H3,(H,17,18). The molecule has 0 aliphatic carbocycles. The van der Waals surface area contributed by atoms with E-state index >= 15 is 0 Å². The van der Waals surface area contributed by atoms with Gasteiger partial charge in [-0.2, -0.15) is 0 Å². The third-order valence-corrected chi connectivity index (χ3v) is 8.00. The van der Waals surface area contributed by atoms with Crippen molar-refractivity contribution in [2.75, 3.05) is 0 Å². The number of halogens is 1. The normalized spacial score (nSPS) is 12.1. The molecule has 4 nitrogen and oxygen atoms in total. The van der Waals surface area contributed by atoms with E-state index < -0.39 is 25.7 Å². The van der Waals surface area contributed by atoms with E-state index in [4.69, 9.17) is 9.53 Å². The maximum absolute atomic E-state index is 13.6. The van der Waals surface area contributed by atoms with Gasteiger partial charge in [0.1, 0.15) is 17.1 Å². The summed E-state index contributed by atoms with van der Waals surface area (Å²) >= 11 is 0. The fourth-order valence-electron chi connectivity index (χ4n) is 1.43. The van der Waals surface area contributed by atoms with Crippen molar-refractivity contribution in [3.63, 3.8) is 0 Å². The molecule has 0 atom stereocenters. The second kappa shape index (κ2) is 5.36. The molecule has 0 saturated carbocycles. The van der Waals surface area contributed by atoms with Crippen LogP contribution in [0.15, 0.2) is 12.1 Å². The predicted molar refractivity (Wildman–Crippen MR) is 76.6 cm³/mol. The Morgan fingerprint density at radius 2 is 1.90 bits per heavy atom. The van der Waals surface area contributed by atoms with Gasteiger partial charge in [-0.3, -0.25) is 4.79 Å². The van der Waals surface area contributed by atoms with Gasteiger partial charge in [0, 0.05) is 0 Å². The van der Waals surface area contributed by atoms with Crippen LogP contribution in [0.5, 0.6) is 5.75 Å². The topological polar surface area (TPSA) is 63.6 Å². The molecule has 0 heterocycles. The molecular formula is C14H19FO4Si. The van der Waals surface area contributed by atoms with Gasteiger partial charge in [-0.1, -0.05) is 20.8 Å². The first-order chi connectivity index (χ1) is 9.01. The third kappa shape index (κ3) is 3.06. The number of hydrogen-bond donors (Lipinski definition) is 1. The second-order valence-corrected chi connectivity index (χ2v) is 10.8. The molecule has 0 saturated heterocycles. The minimum absolute atomic E-state index is 0.120. The lowest BCUT2D eigenvalue weighted by Crippen LogP contribution is -2.44. The highest BCUT2D eigenvalue weighted by Crippen LogP contribution is 2.38. The fraction of sp³-hybridized carbons (Fsp3) is 0.429. The summed E-state index contributed by atoms with van der Waals surface area (Å²) in [4.78, 5) is 22.2. The Bertz CT molecular complexity index is 547. The molecule has 20 heavy (non-hydrogen) atoms. The van der Waals surface area contributed by atoms with Gasteiger partial charge in [0.2, 0.25) is 0 Å². The van der Waals surface area contributed by atoms with E-state index in [0.29, 0.717) is 6.29 Å². The van der Waals surface area contributed by atoms with Crippen LogP contribution < -0.4 is 4.43 Å². The number of aromatic carboxylic acids is 1. The second-order valence-electron chi connectivity index (χ2n) is 6.12. The Labute approximate surface area is 118 Å². The summed E-state index contributed by atoms with van der Waals surface area (Å²) in [5.74, 6) is -2.29.